The van der Waals surface area contributed by atoms with E-state index in [1.54, 1.807) is 0 Å². The second-order valence-electron chi connectivity index (χ2n) is 23.2. The lowest BCUT2D eigenvalue weighted by molar-refractivity contribution is -0.393. The summed E-state index contributed by atoms with van der Waals surface area (Å²) < 4.78 is 76.4. The Balaban J connectivity index is 1.21. The van der Waals surface area contributed by atoms with Gasteiger partial charge in [0.1, 0.15) is 152 Å². The molecule has 526 valence electrons. The monoisotopic (exact) mass is 1330 g/mol. The summed E-state index contributed by atoms with van der Waals surface area (Å²) in [5.41, 5.74) is 0. The van der Waals surface area contributed by atoms with Crippen LogP contribution in [0.4, 0.5) is 0 Å². The molecule has 36 atom stereocenters. The summed E-state index contributed by atoms with van der Waals surface area (Å²) in [6.07, 6.45) is -65.1. The molecule has 7 rings (SSSR count). The van der Waals surface area contributed by atoms with Crippen molar-refractivity contribution in [2.24, 2.45) is 0 Å². The quantitative estimate of drug-likeness (QED) is 0.0452. The lowest BCUT2D eigenvalue weighted by Crippen LogP contribution is -2.71. The Morgan fingerprint density at radius 3 is 1.46 bits per heavy atom. The molecule has 0 aliphatic carbocycles. The summed E-state index contributed by atoms with van der Waals surface area (Å²) in [4.78, 5) is 51.3. The highest BCUT2D eigenvalue weighted by Gasteiger charge is 2.62. The van der Waals surface area contributed by atoms with Crippen molar-refractivity contribution in [2.75, 3.05) is 33.0 Å². The van der Waals surface area contributed by atoms with Gasteiger partial charge in [0.2, 0.25) is 17.7 Å². The molecule has 7 saturated heterocycles. The molecule has 0 radical (unpaired) electrons. The first-order valence-corrected chi connectivity index (χ1v) is 29.0. The molecule has 0 bridgehead atoms. The van der Waals surface area contributed by atoms with Crippen LogP contribution in [-0.4, -0.2) is 379 Å². The SMILES string of the molecule is CC(=O)N[C@@H]1[C@@H](O[C@@H]2O[C@H](CO)[C@H](O)[C@H](O)[C@H]2O[C@@H]2O[C@@H](C)[C@@H](O)[C@@H](O)[C@@H]2O)[C@@H](O)[C@@H](CO[C@@H]2O[C@H](CO)[C@@H](O[C@@H]3O[C@H](CO)[C@H](O)[C@H](O[C@]4(C(=O)O)C[C@H](O)[C@@H](NC(C)=O)[C@H]([C@H](O)[C@H](O)CO)O4)[C@H]3O)[C@H](O[C@@H]3O[C@@H](C)[C@@H](O)[C@@H](O)[C@@H]3O)[C@H]2NC(C)=O)O[C@@H]1O. The van der Waals surface area contributed by atoms with Gasteiger partial charge in [-0.15, -0.1) is 0 Å². The number of carbonyl (C=O) groups excluding carboxylic acids is 3. The number of carbonyl (C=O) groups is 4. The van der Waals surface area contributed by atoms with Crippen molar-refractivity contribution in [3.63, 3.8) is 0 Å². The van der Waals surface area contributed by atoms with Crippen molar-refractivity contribution in [1.82, 2.24) is 16.0 Å². The molecule has 0 saturated carbocycles. The molecule has 0 spiro atoms. The van der Waals surface area contributed by atoms with Gasteiger partial charge in [-0.05, 0) is 13.8 Å². The molecule has 7 fully saturated rings. The van der Waals surface area contributed by atoms with Crippen LogP contribution in [0.1, 0.15) is 41.0 Å². The van der Waals surface area contributed by atoms with Crippen LogP contribution in [0, 0.1) is 0 Å². The van der Waals surface area contributed by atoms with Crippen molar-refractivity contribution < 1.29 is 183 Å². The first-order chi connectivity index (χ1) is 42.7. The van der Waals surface area contributed by atoms with E-state index in [0.29, 0.717) is 0 Å². The van der Waals surface area contributed by atoms with Crippen LogP contribution in [0.25, 0.3) is 0 Å². The van der Waals surface area contributed by atoms with E-state index in [1.807, 2.05) is 0 Å². The maximum Gasteiger partial charge on any atom is 0.364 e. The molecule has 7 aliphatic heterocycles. The van der Waals surface area contributed by atoms with E-state index >= 15 is 0 Å². The van der Waals surface area contributed by atoms with Gasteiger partial charge in [0.15, 0.2) is 37.7 Å². The van der Waals surface area contributed by atoms with Gasteiger partial charge in [-0.2, -0.15) is 0 Å². The predicted octanol–water partition coefficient (Wildman–Crippen LogP) is -14.6. The highest BCUT2D eigenvalue weighted by molar-refractivity contribution is 5.77. The minimum Gasteiger partial charge on any atom is -0.477 e. The van der Waals surface area contributed by atoms with Gasteiger partial charge in [0.05, 0.1) is 57.4 Å². The van der Waals surface area contributed by atoms with Gasteiger partial charge < -0.3 is 180 Å². The van der Waals surface area contributed by atoms with Crippen LogP contribution < -0.4 is 16.0 Å². The summed E-state index contributed by atoms with van der Waals surface area (Å²) in [6, 6.07) is -5.39. The van der Waals surface area contributed by atoms with Crippen molar-refractivity contribution in [1.29, 1.82) is 0 Å². The van der Waals surface area contributed by atoms with Gasteiger partial charge in [-0.3, -0.25) is 14.4 Å². The van der Waals surface area contributed by atoms with E-state index in [9.17, 15) is 121 Å². The zero-order valence-electron chi connectivity index (χ0n) is 49.3. The Morgan fingerprint density at radius 2 is 0.934 bits per heavy atom. The van der Waals surface area contributed by atoms with Gasteiger partial charge in [-0.25, -0.2) is 4.79 Å². The molecule has 0 aromatic heterocycles. The van der Waals surface area contributed by atoms with Gasteiger partial charge >= 0.3 is 5.97 Å². The highest BCUT2D eigenvalue weighted by Crippen LogP contribution is 2.41. The lowest BCUT2D eigenvalue weighted by Gasteiger charge is -2.52. The lowest BCUT2D eigenvalue weighted by atomic mass is 9.88. The number of aliphatic hydroxyl groups is 19. The summed E-state index contributed by atoms with van der Waals surface area (Å²) in [6.45, 7) is -0.0616. The number of aliphatic carboxylic acids is 1. The molecule has 91 heavy (non-hydrogen) atoms. The average molecular weight is 1330 g/mol. The molecular formula is C51H85N3O37. The van der Waals surface area contributed by atoms with Crippen LogP contribution >= 0.6 is 0 Å². The number of nitrogens with one attached hydrogen (secondary N) is 3. The smallest absolute Gasteiger partial charge is 0.364 e. The Labute approximate surface area is 516 Å². The average Bonchev–Trinajstić information content (AvgIpc) is 0.774. The minimum atomic E-state index is -3.27. The Bertz CT molecular complexity index is 2380. The number of rotatable bonds is 23. The summed E-state index contributed by atoms with van der Waals surface area (Å²) >= 11 is 0. The molecule has 0 unspecified atom stereocenters. The van der Waals surface area contributed by atoms with Crippen molar-refractivity contribution in [3.8, 4) is 0 Å². The van der Waals surface area contributed by atoms with E-state index in [0.717, 1.165) is 20.8 Å². The molecule has 40 nitrogen and oxygen atoms in total. The fourth-order valence-electron chi connectivity index (χ4n) is 11.7. The van der Waals surface area contributed by atoms with E-state index in [-0.39, 0.29) is 0 Å². The number of amides is 3. The molecule has 23 N–H and O–H groups in total. The van der Waals surface area contributed by atoms with E-state index < -0.39 is 284 Å². The van der Waals surface area contributed by atoms with E-state index in [1.165, 1.54) is 13.8 Å². The topological polar surface area (TPSA) is 629 Å². The molecule has 0 aromatic rings. The Morgan fingerprint density at radius 1 is 0.473 bits per heavy atom. The molecule has 7 aliphatic rings. The largest absolute Gasteiger partial charge is 0.477 e. The van der Waals surface area contributed by atoms with Crippen LogP contribution in [0.2, 0.25) is 0 Å². The second-order valence-corrected chi connectivity index (χ2v) is 23.2. The summed E-state index contributed by atoms with van der Waals surface area (Å²) in [5.74, 6) is -8.03. The number of ether oxygens (including phenoxy) is 13. The zero-order valence-corrected chi connectivity index (χ0v) is 49.3. The predicted molar refractivity (Wildman–Crippen MR) is 281 cm³/mol. The van der Waals surface area contributed by atoms with Crippen LogP contribution in [0.15, 0.2) is 0 Å². The first-order valence-electron chi connectivity index (χ1n) is 29.0. The van der Waals surface area contributed by atoms with Crippen LogP contribution in [0.5, 0.6) is 0 Å². The number of carboxylic acid groups (broad SMARTS) is 1. The Kier molecular flexibility index (Phi) is 26.1. The third kappa shape index (κ3) is 16.4. The molecular weight excluding hydrogens is 1250 g/mol. The third-order valence-electron chi connectivity index (χ3n) is 16.6. The number of hydrogen-bond donors (Lipinski definition) is 23. The highest BCUT2D eigenvalue weighted by atomic mass is 16.8. The zero-order chi connectivity index (χ0) is 67.6. The van der Waals surface area contributed by atoms with Gasteiger partial charge in [0.25, 0.3) is 5.79 Å². The van der Waals surface area contributed by atoms with Gasteiger partial charge in [0, 0.05) is 27.2 Å². The maximum atomic E-state index is 13.3. The molecule has 40 heteroatoms. The standard InChI is InChI=1S/C51H85N3O37/c1-12-26(64)32(70)35(73)46(80-12)88-41-25(54-16(5)61)45(79-11-22-31(69)39(24(44(76)82-22)53-15(4)60)87-49-43(34(72)29(67)19(8-56)84-49)89-47-36(74)33(71)27(65)13(2)81-47)85-21(10-58)38(41)86-48-37(75)42(30(68)20(9-57)83-48)91-51(50(77)78)6-17(62)23(52-14(3)59)40(90-51)28(66)18(63)7-55/h12-13,17-49,55-58,62-76H,6-11H2,1-5H3,(H,52,59)(H,53,60)(H,54,61)(H,77,78)/t12-,13-,17-,18+,19+,20+,21+,22+,23+,24+,25+,26+,27+,28+,29-,30-,31-,32+,33+,34-,35-,36-,37+,38+,39+,40+,41+,42-,43+,44-,45+,46-,47-,48-,49-,51-/m0/s1. The fraction of sp³-hybridized carbons (Fsp3) is 0.922. The Hall–Kier alpha value is -3.40. The molecule has 7 heterocycles. The van der Waals surface area contributed by atoms with Crippen molar-refractivity contribution in [3.05, 3.63) is 0 Å². The fourth-order valence-corrected chi connectivity index (χ4v) is 11.7. The van der Waals surface area contributed by atoms with Crippen LogP contribution in [0.3, 0.4) is 0 Å². The first kappa shape index (κ1) is 75.0. The van der Waals surface area contributed by atoms with Crippen molar-refractivity contribution in [2.45, 2.75) is 261 Å². The number of aliphatic hydroxyl groups excluding tert-OH is 19. The molecule has 0 aromatic carbocycles. The minimum absolute atomic E-state index is 0.850. The summed E-state index contributed by atoms with van der Waals surface area (Å²) in [5, 5.41) is 226. The van der Waals surface area contributed by atoms with Crippen molar-refractivity contribution >= 4 is 23.7 Å². The van der Waals surface area contributed by atoms with Gasteiger partial charge in [-0.1, -0.05) is 0 Å². The summed E-state index contributed by atoms with van der Waals surface area (Å²) in [7, 11) is 0. The normalized spacial score (nSPS) is 48.0. The third-order valence-corrected chi connectivity index (χ3v) is 16.6. The molecule has 3 amide bonds. The number of hydrogen-bond acceptors (Lipinski definition) is 36. The second kappa shape index (κ2) is 31.6. The van der Waals surface area contributed by atoms with E-state index in [4.69, 9.17) is 61.6 Å². The van der Waals surface area contributed by atoms with Crippen LogP contribution in [-0.2, 0) is 80.8 Å². The maximum absolute atomic E-state index is 13.3. The van der Waals surface area contributed by atoms with E-state index in [2.05, 4.69) is 16.0 Å². The number of carboxylic acids is 1.